The summed E-state index contributed by atoms with van der Waals surface area (Å²) in [5.74, 6) is 0. The molecule has 0 bridgehead atoms. The second-order valence-electron chi connectivity index (χ2n) is 3.89. The lowest BCUT2D eigenvalue weighted by atomic mass is 10.0. The van der Waals surface area contributed by atoms with Gasteiger partial charge in [-0.1, -0.05) is 35.3 Å². The Morgan fingerprint density at radius 2 is 2.00 bits per heavy atom. The smallest absolute Gasteiger partial charge is 0.0775 e. The molecule has 1 heterocycles. The first kappa shape index (κ1) is 15.3. The van der Waals surface area contributed by atoms with Crippen LogP contribution < -0.4 is 5.32 Å². The Balaban J connectivity index is 2.53. The molecule has 6 heteroatoms. The van der Waals surface area contributed by atoms with Gasteiger partial charge < -0.3 is 5.32 Å². The predicted molar refractivity (Wildman–Crippen MR) is 87.0 cm³/mol. The molecule has 0 amide bonds. The minimum atomic E-state index is -0.131. The summed E-state index contributed by atoms with van der Waals surface area (Å²) in [4.78, 5) is 4.44. The molecule has 0 radical (unpaired) electrons. The van der Waals surface area contributed by atoms with E-state index in [0.717, 1.165) is 20.2 Å². The number of rotatable bonds is 3. The van der Waals surface area contributed by atoms with Gasteiger partial charge >= 0.3 is 0 Å². The van der Waals surface area contributed by atoms with E-state index in [9.17, 15) is 0 Å². The van der Waals surface area contributed by atoms with Gasteiger partial charge in [0.05, 0.1) is 21.8 Å². The highest BCUT2D eigenvalue weighted by atomic mass is 79.9. The van der Waals surface area contributed by atoms with Crippen molar-refractivity contribution < 1.29 is 0 Å². The van der Waals surface area contributed by atoms with E-state index < -0.39 is 0 Å². The Bertz CT molecular complexity index is 605. The van der Waals surface area contributed by atoms with Crippen molar-refractivity contribution in [3.05, 3.63) is 60.7 Å². The van der Waals surface area contributed by atoms with E-state index in [-0.39, 0.29) is 6.04 Å². The molecule has 2 nitrogen and oxygen atoms in total. The van der Waals surface area contributed by atoms with Gasteiger partial charge in [-0.15, -0.1) is 0 Å². The number of benzene rings is 1. The molecule has 0 saturated carbocycles. The van der Waals surface area contributed by atoms with Gasteiger partial charge in [0.2, 0.25) is 0 Å². The molecule has 0 fully saturated rings. The van der Waals surface area contributed by atoms with Crippen LogP contribution in [0, 0.1) is 0 Å². The van der Waals surface area contributed by atoms with Crippen LogP contribution in [-0.2, 0) is 0 Å². The van der Waals surface area contributed by atoms with Crippen LogP contribution in [0.2, 0.25) is 10.0 Å². The van der Waals surface area contributed by atoms with Gasteiger partial charge in [0.25, 0.3) is 0 Å². The van der Waals surface area contributed by atoms with Crippen LogP contribution >= 0.6 is 55.1 Å². The van der Waals surface area contributed by atoms with E-state index in [1.54, 1.807) is 12.3 Å². The zero-order chi connectivity index (χ0) is 14.0. The van der Waals surface area contributed by atoms with Gasteiger partial charge in [-0.2, -0.15) is 0 Å². The summed E-state index contributed by atoms with van der Waals surface area (Å²) in [6.45, 7) is 0. The first-order chi connectivity index (χ1) is 9.04. The maximum atomic E-state index is 6.28. The maximum absolute atomic E-state index is 6.28. The number of halogens is 4. The van der Waals surface area contributed by atoms with Crippen LogP contribution in [0.3, 0.4) is 0 Å². The average Bonchev–Trinajstić information content (AvgIpc) is 2.37. The zero-order valence-electron chi connectivity index (χ0n) is 9.92. The third-order valence-corrected chi connectivity index (χ3v) is 4.59. The molecule has 0 aliphatic carbocycles. The van der Waals surface area contributed by atoms with E-state index in [2.05, 4.69) is 42.2 Å². The van der Waals surface area contributed by atoms with Crippen LogP contribution in [0.1, 0.15) is 17.3 Å². The molecule has 1 aromatic heterocycles. The Labute approximate surface area is 138 Å². The van der Waals surface area contributed by atoms with Gasteiger partial charge in [0.15, 0.2) is 0 Å². The van der Waals surface area contributed by atoms with Gasteiger partial charge in [-0.05, 0) is 56.6 Å². The van der Waals surface area contributed by atoms with Crippen molar-refractivity contribution in [3.8, 4) is 0 Å². The molecule has 0 spiro atoms. The molecule has 1 aromatic carbocycles. The molecule has 19 heavy (non-hydrogen) atoms. The molecule has 2 rings (SSSR count). The number of nitrogens with one attached hydrogen (secondary N) is 1. The minimum Gasteiger partial charge on any atom is -0.308 e. The molecular formula is C13H10Br2Cl2N2. The Kier molecular flexibility index (Phi) is 5.26. The second kappa shape index (κ2) is 6.55. The van der Waals surface area contributed by atoms with Crippen LogP contribution in [-0.4, -0.2) is 12.0 Å². The lowest BCUT2D eigenvalue weighted by Crippen LogP contribution is -2.20. The van der Waals surface area contributed by atoms with Crippen LogP contribution in [0.25, 0.3) is 0 Å². The molecular weight excluding hydrogens is 415 g/mol. The van der Waals surface area contributed by atoms with E-state index in [1.807, 2.05) is 25.2 Å². The molecule has 1 unspecified atom stereocenters. The number of aromatic nitrogens is 1. The summed E-state index contributed by atoms with van der Waals surface area (Å²) < 4.78 is 1.81. The molecule has 2 aromatic rings. The van der Waals surface area contributed by atoms with Crippen molar-refractivity contribution in [3.63, 3.8) is 0 Å². The highest BCUT2D eigenvalue weighted by Crippen LogP contribution is 2.35. The fourth-order valence-corrected chi connectivity index (χ4v) is 3.45. The second-order valence-corrected chi connectivity index (χ2v) is 6.44. The fraction of sp³-hybridized carbons (Fsp3) is 0.154. The quantitative estimate of drug-likeness (QED) is 0.730. The summed E-state index contributed by atoms with van der Waals surface area (Å²) in [5.41, 5.74) is 1.75. The highest BCUT2D eigenvalue weighted by Gasteiger charge is 2.20. The lowest BCUT2D eigenvalue weighted by Gasteiger charge is -2.19. The van der Waals surface area contributed by atoms with Crippen molar-refractivity contribution in [1.82, 2.24) is 10.3 Å². The number of hydrogen-bond acceptors (Lipinski definition) is 2. The third kappa shape index (κ3) is 3.31. The molecule has 1 atom stereocenters. The van der Waals surface area contributed by atoms with E-state index >= 15 is 0 Å². The predicted octanol–water partition coefficient (Wildman–Crippen LogP) is 5.22. The van der Waals surface area contributed by atoms with Crippen LogP contribution in [0.5, 0.6) is 0 Å². The maximum Gasteiger partial charge on any atom is 0.0775 e. The van der Waals surface area contributed by atoms with E-state index in [4.69, 9.17) is 23.2 Å². The van der Waals surface area contributed by atoms with Crippen molar-refractivity contribution >= 4 is 55.1 Å². The van der Waals surface area contributed by atoms with Gasteiger partial charge in [-0.25, -0.2) is 0 Å². The number of hydrogen-bond donors (Lipinski definition) is 1. The third-order valence-electron chi connectivity index (χ3n) is 2.69. The average molecular weight is 425 g/mol. The van der Waals surface area contributed by atoms with Crippen molar-refractivity contribution in [2.75, 3.05) is 7.05 Å². The van der Waals surface area contributed by atoms with Gasteiger partial charge in [-0.3, -0.25) is 4.98 Å². The Hall–Kier alpha value is -0.130. The molecule has 0 aliphatic rings. The minimum absolute atomic E-state index is 0.131. The van der Waals surface area contributed by atoms with E-state index in [1.165, 1.54) is 0 Å². The van der Waals surface area contributed by atoms with E-state index in [0.29, 0.717) is 10.0 Å². The molecule has 0 aliphatic heterocycles. The van der Waals surface area contributed by atoms with Crippen molar-refractivity contribution in [1.29, 1.82) is 0 Å². The highest BCUT2D eigenvalue weighted by molar-refractivity contribution is 9.11. The summed E-state index contributed by atoms with van der Waals surface area (Å²) in [6, 6.07) is 7.40. The van der Waals surface area contributed by atoms with Gasteiger partial charge in [0.1, 0.15) is 0 Å². The number of pyridine rings is 1. The first-order valence-electron chi connectivity index (χ1n) is 5.46. The zero-order valence-corrected chi connectivity index (χ0v) is 14.6. The summed E-state index contributed by atoms with van der Waals surface area (Å²) >= 11 is 19.3. The fourth-order valence-electron chi connectivity index (χ4n) is 1.82. The largest absolute Gasteiger partial charge is 0.308 e. The summed E-state index contributed by atoms with van der Waals surface area (Å²) in [5, 5.41) is 4.29. The molecule has 100 valence electrons. The lowest BCUT2D eigenvalue weighted by molar-refractivity contribution is 0.667. The normalized spacial score (nSPS) is 12.5. The van der Waals surface area contributed by atoms with Crippen molar-refractivity contribution in [2.45, 2.75) is 6.04 Å². The standard InChI is InChI=1S/C13H10Br2Cl2N2/c1-18-12(8-3-2-4-10(16)11(8)17)13-9(15)5-7(14)6-19-13/h2-6,12,18H,1H3. The SMILES string of the molecule is CNC(c1cccc(Cl)c1Cl)c1ncc(Br)cc1Br. The topological polar surface area (TPSA) is 24.9 Å². The monoisotopic (exact) mass is 422 g/mol. The number of nitrogens with zero attached hydrogens (tertiary/aromatic N) is 1. The van der Waals surface area contributed by atoms with Crippen LogP contribution in [0.4, 0.5) is 0 Å². The first-order valence-corrected chi connectivity index (χ1v) is 7.81. The molecule has 1 N–H and O–H groups in total. The summed E-state index contributed by atoms with van der Waals surface area (Å²) in [6.07, 6.45) is 1.75. The van der Waals surface area contributed by atoms with Crippen molar-refractivity contribution in [2.24, 2.45) is 0 Å². The van der Waals surface area contributed by atoms with Crippen LogP contribution in [0.15, 0.2) is 39.4 Å². The Morgan fingerprint density at radius 1 is 1.26 bits per heavy atom. The summed E-state index contributed by atoms with van der Waals surface area (Å²) in [7, 11) is 1.86. The molecule has 0 saturated heterocycles. The van der Waals surface area contributed by atoms with Gasteiger partial charge in [0, 0.05) is 15.1 Å². The Morgan fingerprint density at radius 3 is 2.63 bits per heavy atom.